The van der Waals surface area contributed by atoms with Crippen LogP contribution in [-0.4, -0.2) is 15.8 Å². The molecule has 96 valence electrons. The van der Waals surface area contributed by atoms with Gasteiger partial charge < -0.3 is 5.73 Å². The number of nitrogens with two attached hydrogens (primary N) is 1. The first-order chi connectivity index (χ1) is 8.47. The molecule has 18 heavy (non-hydrogen) atoms. The van der Waals surface area contributed by atoms with Crippen LogP contribution in [0, 0.1) is 13.8 Å². The lowest BCUT2D eigenvalue weighted by Crippen LogP contribution is -2.19. The van der Waals surface area contributed by atoms with Gasteiger partial charge in [-0.25, -0.2) is 4.68 Å². The van der Waals surface area contributed by atoms with Crippen molar-refractivity contribution in [3.63, 3.8) is 0 Å². The van der Waals surface area contributed by atoms with Gasteiger partial charge in [0, 0.05) is 12.2 Å². The van der Waals surface area contributed by atoms with Crippen LogP contribution in [0.2, 0.25) is 5.02 Å². The van der Waals surface area contributed by atoms with E-state index in [9.17, 15) is 0 Å². The number of nitrogens with zero attached hydrogens (tertiary/aromatic N) is 2. The van der Waals surface area contributed by atoms with Gasteiger partial charge >= 0.3 is 0 Å². The molecule has 1 aromatic carbocycles. The third-order valence-electron chi connectivity index (χ3n) is 2.86. The molecular formula is C14H18ClN3. The summed E-state index contributed by atoms with van der Waals surface area (Å²) >= 11 is 6.06. The Morgan fingerprint density at radius 3 is 2.67 bits per heavy atom. The Morgan fingerprint density at radius 1 is 1.39 bits per heavy atom. The summed E-state index contributed by atoms with van der Waals surface area (Å²) in [7, 11) is 0. The van der Waals surface area contributed by atoms with Crippen molar-refractivity contribution < 1.29 is 0 Å². The Kier molecular flexibility index (Phi) is 3.73. The minimum Gasteiger partial charge on any atom is -0.328 e. The van der Waals surface area contributed by atoms with Crippen LogP contribution in [-0.2, 0) is 6.42 Å². The van der Waals surface area contributed by atoms with E-state index < -0.39 is 0 Å². The molecule has 2 aromatic rings. The van der Waals surface area contributed by atoms with Gasteiger partial charge in [0.25, 0.3) is 0 Å². The maximum atomic E-state index is 6.06. The number of hydrogen-bond acceptors (Lipinski definition) is 2. The van der Waals surface area contributed by atoms with Crippen molar-refractivity contribution in [1.29, 1.82) is 0 Å². The highest BCUT2D eigenvalue weighted by molar-refractivity contribution is 6.31. The summed E-state index contributed by atoms with van der Waals surface area (Å²) in [4.78, 5) is 0. The second-order valence-corrected chi connectivity index (χ2v) is 5.23. The van der Waals surface area contributed by atoms with Gasteiger partial charge in [-0.05, 0) is 38.8 Å². The summed E-state index contributed by atoms with van der Waals surface area (Å²) in [5, 5.41) is 5.10. The molecule has 0 saturated heterocycles. The summed E-state index contributed by atoms with van der Waals surface area (Å²) in [5.41, 5.74) is 10.2. The molecule has 1 unspecified atom stereocenters. The smallest absolute Gasteiger partial charge is 0.0819 e. The first-order valence-corrected chi connectivity index (χ1v) is 6.42. The number of halogens is 1. The van der Waals surface area contributed by atoms with Crippen LogP contribution < -0.4 is 5.73 Å². The molecule has 1 aromatic heterocycles. The lowest BCUT2D eigenvalue weighted by molar-refractivity contribution is 0.726. The molecule has 0 radical (unpaired) electrons. The standard InChI is InChI=1S/C14H18ClN3/c1-9-4-5-14(12(6-9)7-10(2)16)18-8-13(15)11(3)17-18/h4-6,8,10H,7,16H2,1-3H3. The summed E-state index contributed by atoms with van der Waals surface area (Å²) in [6, 6.07) is 6.42. The normalized spacial score (nSPS) is 12.7. The maximum Gasteiger partial charge on any atom is 0.0819 e. The van der Waals surface area contributed by atoms with Crippen LogP contribution in [0.15, 0.2) is 24.4 Å². The Labute approximate surface area is 113 Å². The van der Waals surface area contributed by atoms with E-state index in [1.807, 2.05) is 24.7 Å². The predicted octanol–water partition coefficient (Wildman–Crippen LogP) is 3.03. The molecule has 0 aliphatic carbocycles. The minimum absolute atomic E-state index is 0.123. The van der Waals surface area contributed by atoms with Crippen molar-refractivity contribution in [3.05, 3.63) is 46.2 Å². The lowest BCUT2D eigenvalue weighted by Gasteiger charge is -2.12. The number of benzene rings is 1. The van der Waals surface area contributed by atoms with E-state index in [2.05, 4.69) is 30.2 Å². The second-order valence-electron chi connectivity index (χ2n) is 4.82. The number of aromatic nitrogens is 2. The van der Waals surface area contributed by atoms with Gasteiger partial charge in [0.15, 0.2) is 0 Å². The number of rotatable bonds is 3. The van der Waals surface area contributed by atoms with Crippen molar-refractivity contribution in [2.24, 2.45) is 5.73 Å². The molecule has 0 aliphatic rings. The van der Waals surface area contributed by atoms with Gasteiger partial charge in [-0.3, -0.25) is 0 Å². The van der Waals surface area contributed by atoms with Crippen molar-refractivity contribution in [3.8, 4) is 5.69 Å². The van der Waals surface area contributed by atoms with E-state index in [4.69, 9.17) is 17.3 Å². The maximum absolute atomic E-state index is 6.06. The minimum atomic E-state index is 0.123. The molecule has 1 atom stereocenters. The van der Waals surface area contributed by atoms with Crippen LogP contribution in [0.1, 0.15) is 23.7 Å². The van der Waals surface area contributed by atoms with Crippen LogP contribution in [0.25, 0.3) is 5.69 Å². The zero-order valence-corrected chi connectivity index (χ0v) is 11.7. The summed E-state index contributed by atoms with van der Waals surface area (Å²) < 4.78 is 1.83. The van der Waals surface area contributed by atoms with Gasteiger partial charge in [-0.1, -0.05) is 29.3 Å². The van der Waals surface area contributed by atoms with E-state index in [-0.39, 0.29) is 6.04 Å². The summed E-state index contributed by atoms with van der Waals surface area (Å²) in [6.45, 7) is 5.99. The van der Waals surface area contributed by atoms with Gasteiger partial charge in [-0.15, -0.1) is 0 Å². The SMILES string of the molecule is Cc1ccc(-n2cc(Cl)c(C)n2)c(CC(C)N)c1. The average Bonchev–Trinajstić information content (AvgIpc) is 2.58. The zero-order chi connectivity index (χ0) is 13.3. The van der Waals surface area contributed by atoms with Crippen LogP contribution >= 0.6 is 11.6 Å². The fraction of sp³-hybridized carbons (Fsp3) is 0.357. The van der Waals surface area contributed by atoms with Gasteiger partial charge in [-0.2, -0.15) is 5.10 Å². The van der Waals surface area contributed by atoms with Crippen molar-refractivity contribution in [2.45, 2.75) is 33.2 Å². The zero-order valence-electron chi connectivity index (χ0n) is 10.9. The summed E-state index contributed by atoms with van der Waals surface area (Å²) in [6.07, 6.45) is 2.67. The third kappa shape index (κ3) is 2.74. The largest absolute Gasteiger partial charge is 0.328 e. The van der Waals surface area contributed by atoms with E-state index in [1.54, 1.807) is 0 Å². The fourth-order valence-corrected chi connectivity index (χ4v) is 2.14. The van der Waals surface area contributed by atoms with E-state index in [0.717, 1.165) is 17.8 Å². The third-order valence-corrected chi connectivity index (χ3v) is 3.23. The van der Waals surface area contributed by atoms with Gasteiger partial charge in [0.05, 0.1) is 16.4 Å². The van der Waals surface area contributed by atoms with Crippen LogP contribution in [0.4, 0.5) is 0 Å². The van der Waals surface area contributed by atoms with E-state index >= 15 is 0 Å². The molecule has 4 heteroatoms. The van der Waals surface area contributed by atoms with Crippen molar-refractivity contribution >= 4 is 11.6 Å². The monoisotopic (exact) mass is 263 g/mol. The van der Waals surface area contributed by atoms with Crippen LogP contribution in [0.3, 0.4) is 0 Å². The Bertz CT molecular complexity index is 539. The molecule has 2 rings (SSSR count). The molecule has 0 bridgehead atoms. The average molecular weight is 264 g/mol. The first-order valence-electron chi connectivity index (χ1n) is 6.04. The molecular weight excluding hydrogens is 246 g/mol. The topological polar surface area (TPSA) is 43.8 Å². The van der Waals surface area contributed by atoms with Crippen molar-refractivity contribution in [1.82, 2.24) is 9.78 Å². The highest BCUT2D eigenvalue weighted by Crippen LogP contribution is 2.21. The van der Waals surface area contributed by atoms with Crippen LogP contribution in [0.5, 0.6) is 0 Å². The number of hydrogen-bond donors (Lipinski definition) is 1. The molecule has 3 nitrogen and oxygen atoms in total. The highest BCUT2D eigenvalue weighted by Gasteiger charge is 2.10. The molecule has 0 spiro atoms. The van der Waals surface area contributed by atoms with Crippen molar-refractivity contribution in [2.75, 3.05) is 0 Å². The lowest BCUT2D eigenvalue weighted by atomic mass is 10.0. The Morgan fingerprint density at radius 2 is 2.11 bits per heavy atom. The van der Waals surface area contributed by atoms with Gasteiger partial charge in [0.1, 0.15) is 0 Å². The second kappa shape index (κ2) is 5.12. The van der Waals surface area contributed by atoms with E-state index in [0.29, 0.717) is 5.02 Å². The summed E-state index contributed by atoms with van der Waals surface area (Å²) in [5.74, 6) is 0. The molecule has 0 saturated carbocycles. The quantitative estimate of drug-likeness (QED) is 0.925. The molecule has 0 amide bonds. The molecule has 1 heterocycles. The van der Waals surface area contributed by atoms with Gasteiger partial charge in [0.2, 0.25) is 0 Å². The predicted molar refractivity (Wildman–Crippen MR) is 75.4 cm³/mol. The molecule has 0 fully saturated rings. The first kappa shape index (κ1) is 13.1. The fourth-order valence-electron chi connectivity index (χ4n) is 2.01. The molecule has 2 N–H and O–H groups in total. The molecule has 0 aliphatic heterocycles. The van der Waals surface area contributed by atoms with E-state index in [1.165, 1.54) is 11.1 Å². The Balaban J connectivity index is 2.49. The Hall–Kier alpha value is -1.32. The highest BCUT2D eigenvalue weighted by atomic mass is 35.5. The number of aryl methyl sites for hydroxylation is 2.